The Balaban J connectivity index is 5.51. The van der Waals surface area contributed by atoms with Gasteiger partial charge in [0, 0.05) is 6.42 Å². The van der Waals surface area contributed by atoms with Crippen molar-refractivity contribution in [2.45, 2.75) is 95.8 Å². The van der Waals surface area contributed by atoms with E-state index in [1.807, 2.05) is 13.8 Å². The molecule has 13 nitrogen and oxygen atoms in total. The summed E-state index contributed by atoms with van der Waals surface area (Å²) in [5, 5.41) is 25.9. The van der Waals surface area contributed by atoms with Gasteiger partial charge in [-0.05, 0) is 70.4 Å². The smallest absolute Gasteiger partial charge is 0.326 e. The average molecular weight is 517 g/mol. The van der Waals surface area contributed by atoms with Crippen LogP contribution in [0.2, 0.25) is 0 Å². The van der Waals surface area contributed by atoms with Gasteiger partial charge in [0.25, 0.3) is 0 Å². The molecule has 4 unspecified atom stereocenters. The highest BCUT2D eigenvalue weighted by Crippen LogP contribution is 2.09. The van der Waals surface area contributed by atoms with E-state index in [0.29, 0.717) is 38.8 Å². The van der Waals surface area contributed by atoms with Crippen LogP contribution < -0.4 is 33.2 Å². The molecule has 0 aromatic carbocycles. The van der Waals surface area contributed by atoms with Crippen LogP contribution in [0.1, 0.15) is 71.6 Å². The third kappa shape index (κ3) is 14.6. The molecule has 0 radical (unpaired) electrons. The minimum atomic E-state index is -1.17. The number of carboxylic acids is 2. The molecule has 0 aromatic rings. The molecule has 208 valence electrons. The van der Waals surface area contributed by atoms with E-state index in [-0.39, 0.29) is 38.0 Å². The van der Waals surface area contributed by atoms with Gasteiger partial charge in [-0.1, -0.05) is 13.8 Å². The van der Waals surface area contributed by atoms with Gasteiger partial charge in [0.15, 0.2) is 0 Å². The van der Waals surface area contributed by atoms with Crippen molar-refractivity contribution in [3.05, 3.63) is 0 Å². The van der Waals surface area contributed by atoms with Gasteiger partial charge < -0.3 is 43.4 Å². The molecular formula is C23H44N6O7. The number of carbonyl (C=O) groups excluding carboxylic acids is 3. The summed E-state index contributed by atoms with van der Waals surface area (Å²) in [5.74, 6) is -4.21. The molecule has 36 heavy (non-hydrogen) atoms. The largest absolute Gasteiger partial charge is 0.481 e. The summed E-state index contributed by atoms with van der Waals surface area (Å²) in [5.41, 5.74) is 16.8. The number of carboxylic acid groups (broad SMARTS) is 2. The standard InChI is InChI=1S/C23H44N6O7/c1-14(2)13-18(23(35)36)29-22(34)17(8-4-6-12-25)28-21(33)16(7-3-5-11-24)27-20(32)15(26)9-10-19(30)31/h14-18H,3-13,24-26H2,1-2H3,(H,27,32)(H,28,33)(H,29,34)(H,30,31)(H,35,36). The Hall–Kier alpha value is -2.77. The Morgan fingerprint density at radius 3 is 1.53 bits per heavy atom. The lowest BCUT2D eigenvalue weighted by molar-refractivity contribution is -0.143. The number of carbonyl (C=O) groups is 5. The van der Waals surface area contributed by atoms with Crippen molar-refractivity contribution in [2.24, 2.45) is 23.1 Å². The summed E-state index contributed by atoms with van der Waals surface area (Å²) in [6.07, 6.45) is 2.49. The normalized spacial score (nSPS) is 14.4. The summed E-state index contributed by atoms with van der Waals surface area (Å²) in [4.78, 5) is 60.8. The molecule has 11 N–H and O–H groups in total. The van der Waals surface area contributed by atoms with Crippen LogP contribution in [0, 0.1) is 5.92 Å². The van der Waals surface area contributed by atoms with Gasteiger partial charge in [-0.3, -0.25) is 19.2 Å². The number of aliphatic carboxylic acids is 2. The summed E-state index contributed by atoms with van der Waals surface area (Å²) >= 11 is 0. The molecule has 0 bridgehead atoms. The van der Waals surface area contributed by atoms with Gasteiger partial charge in [-0.15, -0.1) is 0 Å². The molecule has 0 aliphatic rings. The predicted octanol–water partition coefficient (Wildman–Crippen LogP) is -0.978. The Morgan fingerprint density at radius 1 is 0.694 bits per heavy atom. The van der Waals surface area contributed by atoms with Gasteiger partial charge in [-0.2, -0.15) is 0 Å². The van der Waals surface area contributed by atoms with Crippen molar-refractivity contribution in [3.63, 3.8) is 0 Å². The first-order chi connectivity index (χ1) is 16.9. The van der Waals surface area contributed by atoms with Crippen molar-refractivity contribution in [1.29, 1.82) is 0 Å². The molecule has 0 fully saturated rings. The Kier molecular flexibility index (Phi) is 17.1. The summed E-state index contributed by atoms with van der Waals surface area (Å²) in [6, 6.07) is -4.30. The van der Waals surface area contributed by atoms with E-state index in [1.165, 1.54) is 0 Å². The quantitative estimate of drug-likeness (QED) is 0.0919. The van der Waals surface area contributed by atoms with Crippen LogP contribution in [0.15, 0.2) is 0 Å². The maximum Gasteiger partial charge on any atom is 0.326 e. The molecule has 0 spiro atoms. The first kappa shape index (κ1) is 33.2. The number of rotatable bonds is 20. The van der Waals surface area contributed by atoms with E-state index in [9.17, 15) is 29.1 Å². The number of amides is 3. The minimum absolute atomic E-state index is 0.0177. The zero-order valence-electron chi connectivity index (χ0n) is 21.3. The third-order valence-corrected chi connectivity index (χ3v) is 5.49. The van der Waals surface area contributed by atoms with Gasteiger partial charge in [0.2, 0.25) is 17.7 Å². The third-order valence-electron chi connectivity index (χ3n) is 5.49. The number of unbranched alkanes of at least 4 members (excludes halogenated alkanes) is 2. The molecule has 4 atom stereocenters. The van der Waals surface area contributed by atoms with Crippen molar-refractivity contribution >= 4 is 29.7 Å². The molecular weight excluding hydrogens is 472 g/mol. The second kappa shape index (κ2) is 18.5. The van der Waals surface area contributed by atoms with Crippen LogP contribution in [0.5, 0.6) is 0 Å². The Labute approximate surface area is 212 Å². The second-order valence-electron chi connectivity index (χ2n) is 9.26. The first-order valence-electron chi connectivity index (χ1n) is 12.4. The van der Waals surface area contributed by atoms with Gasteiger partial charge in [0.05, 0.1) is 6.04 Å². The lowest BCUT2D eigenvalue weighted by Crippen LogP contribution is -2.57. The molecule has 0 saturated carbocycles. The molecule has 0 saturated heterocycles. The van der Waals surface area contributed by atoms with Crippen molar-refractivity contribution in [3.8, 4) is 0 Å². The molecule has 0 heterocycles. The van der Waals surface area contributed by atoms with E-state index in [1.54, 1.807) is 0 Å². The second-order valence-corrected chi connectivity index (χ2v) is 9.26. The van der Waals surface area contributed by atoms with Crippen LogP contribution in [0.25, 0.3) is 0 Å². The Bertz CT molecular complexity index is 719. The van der Waals surface area contributed by atoms with E-state index in [0.717, 1.165) is 0 Å². The number of nitrogens with one attached hydrogen (secondary N) is 3. The number of hydrogen-bond acceptors (Lipinski definition) is 8. The summed E-state index contributed by atoms with van der Waals surface area (Å²) < 4.78 is 0. The SMILES string of the molecule is CC(C)CC(NC(=O)C(CCCCN)NC(=O)C(CCCCN)NC(=O)C(N)CCC(=O)O)C(=O)O. The Morgan fingerprint density at radius 2 is 1.14 bits per heavy atom. The highest BCUT2D eigenvalue weighted by Gasteiger charge is 2.30. The fourth-order valence-electron chi connectivity index (χ4n) is 3.45. The van der Waals surface area contributed by atoms with E-state index in [2.05, 4.69) is 16.0 Å². The molecule has 0 aliphatic carbocycles. The molecule has 0 rings (SSSR count). The van der Waals surface area contributed by atoms with Crippen LogP contribution in [0.3, 0.4) is 0 Å². The zero-order valence-corrected chi connectivity index (χ0v) is 21.3. The lowest BCUT2D eigenvalue weighted by Gasteiger charge is -2.25. The molecule has 3 amide bonds. The van der Waals surface area contributed by atoms with Crippen LogP contribution >= 0.6 is 0 Å². The van der Waals surface area contributed by atoms with Gasteiger partial charge in [-0.25, -0.2) is 4.79 Å². The maximum absolute atomic E-state index is 13.1. The van der Waals surface area contributed by atoms with Gasteiger partial charge in [0.1, 0.15) is 18.1 Å². The van der Waals surface area contributed by atoms with Gasteiger partial charge >= 0.3 is 11.9 Å². The zero-order chi connectivity index (χ0) is 27.7. The van der Waals surface area contributed by atoms with Crippen LogP contribution in [-0.2, 0) is 24.0 Å². The number of hydrogen-bond donors (Lipinski definition) is 8. The maximum atomic E-state index is 13.1. The first-order valence-corrected chi connectivity index (χ1v) is 12.4. The summed E-state index contributed by atoms with van der Waals surface area (Å²) in [7, 11) is 0. The van der Waals surface area contributed by atoms with E-state index in [4.69, 9.17) is 22.3 Å². The van der Waals surface area contributed by atoms with Crippen molar-refractivity contribution < 1.29 is 34.2 Å². The van der Waals surface area contributed by atoms with Crippen molar-refractivity contribution in [1.82, 2.24) is 16.0 Å². The minimum Gasteiger partial charge on any atom is -0.481 e. The topological polar surface area (TPSA) is 240 Å². The highest BCUT2D eigenvalue weighted by molar-refractivity contribution is 5.94. The predicted molar refractivity (Wildman–Crippen MR) is 134 cm³/mol. The highest BCUT2D eigenvalue weighted by atomic mass is 16.4. The molecule has 13 heteroatoms. The monoisotopic (exact) mass is 516 g/mol. The lowest BCUT2D eigenvalue weighted by atomic mass is 10.0. The molecule has 0 aromatic heterocycles. The fourth-order valence-corrected chi connectivity index (χ4v) is 3.45. The fraction of sp³-hybridized carbons (Fsp3) is 0.783. The van der Waals surface area contributed by atoms with Crippen LogP contribution in [-0.4, -0.2) is 77.1 Å². The van der Waals surface area contributed by atoms with E-state index >= 15 is 0 Å². The molecule has 0 aliphatic heterocycles. The van der Waals surface area contributed by atoms with Crippen LogP contribution in [0.4, 0.5) is 0 Å². The van der Waals surface area contributed by atoms with Crippen molar-refractivity contribution in [2.75, 3.05) is 13.1 Å². The van der Waals surface area contributed by atoms with E-state index < -0.39 is 53.8 Å². The summed E-state index contributed by atoms with van der Waals surface area (Å²) in [6.45, 7) is 4.44. The average Bonchev–Trinajstić information content (AvgIpc) is 2.80. The number of nitrogens with two attached hydrogens (primary N) is 3.